The van der Waals surface area contributed by atoms with E-state index >= 15 is 0 Å². The van der Waals surface area contributed by atoms with Crippen LogP contribution in [-0.4, -0.2) is 42.4 Å². The maximum atomic E-state index is 12.2. The van der Waals surface area contributed by atoms with Crippen molar-refractivity contribution in [3.8, 4) is 0 Å². The SMILES string of the molecule is NC(=NCC1CC(=O)N(CCc2ccccc2)C1)NC1CCCCCC1. The van der Waals surface area contributed by atoms with Crippen LogP contribution >= 0.6 is 0 Å². The van der Waals surface area contributed by atoms with Gasteiger partial charge in [0.25, 0.3) is 0 Å². The molecule has 5 nitrogen and oxygen atoms in total. The lowest BCUT2D eigenvalue weighted by Crippen LogP contribution is -2.40. The summed E-state index contributed by atoms with van der Waals surface area (Å²) in [7, 11) is 0. The Hall–Kier alpha value is -2.04. The first kappa shape index (κ1) is 18.7. The molecule has 1 aromatic carbocycles. The average Bonchev–Trinajstić information content (AvgIpc) is 2.83. The highest BCUT2D eigenvalue weighted by Crippen LogP contribution is 2.19. The Morgan fingerprint density at radius 2 is 1.88 bits per heavy atom. The molecular weight excluding hydrogens is 324 g/mol. The first-order chi connectivity index (χ1) is 12.7. The zero-order chi connectivity index (χ0) is 18.2. The van der Waals surface area contributed by atoms with E-state index in [4.69, 9.17) is 5.73 Å². The lowest BCUT2D eigenvalue weighted by Gasteiger charge is -2.18. The summed E-state index contributed by atoms with van der Waals surface area (Å²) in [6.45, 7) is 2.23. The van der Waals surface area contributed by atoms with Crippen molar-refractivity contribution in [2.45, 2.75) is 57.4 Å². The maximum absolute atomic E-state index is 12.2. The Morgan fingerprint density at radius 3 is 2.62 bits per heavy atom. The number of benzene rings is 1. The maximum Gasteiger partial charge on any atom is 0.223 e. The molecule has 0 spiro atoms. The van der Waals surface area contributed by atoms with Crippen molar-refractivity contribution < 1.29 is 4.79 Å². The third-order valence-corrected chi connectivity index (χ3v) is 5.53. The first-order valence-corrected chi connectivity index (χ1v) is 10.1. The number of amides is 1. The van der Waals surface area contributed by atoms with E-state index < -0.39 is 0 Å². The Balaban J connectivity index is 1.41. The zero-order valence-corrected chi connectivity index (χ0v) is 15.7. The predicted molar refractivity (Wildman–Crippen MR) is 106 cm³/mol. The van der Waals surface area contributed by atoms with Crippen molar-refractivity contribution in [1.82, 2.24) is 10.2 Å². The van der Waals surface area contributed by atoms with Crippen molar-refractivity contribution >= 4 is 11.9 Å². The lowest BCUT2D eigenvalue weighted by molar-refractivity contribution is -0.127. The van der Waals surface area contributed by atoms with Gasteiger partial charge in [0.1, 0.15) is 0 Å². The second-order valence-electron chi connectivity index (χ2n) is 7.70. The summed E-state index contributed by atoms with van der Waals surface area (Å²) in [4.78, 5) is 18.7. The van der Waals surface area contributed by atoms with E-state index in [1.54, 1.807) is 0 Å². The third-order valence-electron chi connectivity index (χ3n) is 5.53. The summed E-state index contributed by atoms with van der Waals surface area (Å²) in [5, 5.41) is 3.38. The van der Waals surface area contributed by atoms with Gasteiger partial charge in [-0.1, -0.05) is 56.0 Å². The van der Waals surface area contributed by atoms with Gasteiger partial charge in [-0.2, -0.15) is 0 Å². The number of nitrogens with zero attached hydrogens (tertiary/aromatic N) is 2. The number of hydrogen-bond acceptors (Lipinski definition) is 2. The summed E-state index contributed by atoms with van der Waals surface area (Å²) in [5.41, 5.74) is 7.35. The second kappa shape index (κ2) is 9.60. The van der Waals surface area contributed by atoms with E-state index in [2.05, 4.69) is 22.4 Å². The fourth-order valence-corrected chi connectivity index (χ4v) is 4.01. The smallest absolute Gasteiger partial charge is 0.223 e. The monoisotopic (exact) mass is 356 g/mol. The zero-order valence-electron chi connectivity index (χ0n) is 15.7. The Kier molecular flexibility index (Phi) is 6.92. The van der Waals surface area contributed by atoms with Crippen LogP contribution in [0.3, 0.4) is 0 Å². The molecule has 1 heterocycles. The number of guanidine groups is 1. The van der Waals surface area contributed by atoms with Gasteiger partial charge in [-0.15, -0.1) is 0 Å². The molecule has 0 bridgehead atoms. The van der Waals surface area contributed by atoms with Gasteiger partial charge in [0, 0.05) is 38.0 Å². The van der Waals surface area contributed by atoms with Crippen molar-refractivity contribution in [3.63, 3.8) is 0 Å². The van der Waals surface area contributed by atoms with Crippen LogP contribution in [0.25, 0.3) is 0 Å². The molecule has 1 aliphatic heterocycles. The molecule has 1 amide bonds. The number of hydrogen-bond donors (Lipinski definition) is 2. The number of carbonyl (C=O) groups is 1. The minimum absolute atomic E-state index is 0.247. The fourth-order valence-electron chi connectivity index (χ4n) is 4.01. The van der Waals surface area contributed by atoms with Gasteiger partial charge in [-0.25, -0.2) is 0 Å². The van der Waals surface area contributed by atoms with Crippen LogP contribution in [0, 0.1) is 5.92 Å². The van der Waals surface area contributed by atoms with Gasteiger partial charge >= 0.3 is 0 Å². The Morgan fingerprint density at radius 1 is 1.15 bits per heavy atom. The molecule has 1 saturated carbocycles. The van der Waals surface area contributed by atoms with Crippen LogP contribution in [0.5, 0.6) is 0 Å². The molecule has 1 unspecified atom stereocenters. The van der Waals surface area contributed by atoms with Crippen LogP contribution in [-0.2, 0) is 11.2 Å². The molecule has 2 aliphatic rings. The van der Waals surface area contributed by atoms with Gasteiger partial charge in [0.05, 0.1) is 0 Å². The molecule has 0 radical (unpaired) electrons. The van der Waals surface area contributed by atoms with Gasteiger partial charge in [-0.3, -0.25) is 9.79 Å². The van der Waals surface area contributed by atoms with E-state index in [0.717, 1.165) is 19.5 Å². The molecule has 1 aliphatic carbocycles. The molecule has 1 aromatic rings. The molecule has 142 valence electrons. The lowest BCUT2D eigenvalue weighted by atomic mass is 10.1. The number of likely N-dealkylation sites (tertiary alicyclic amines) is 1. The van der Waals surface area contributed by atoms with Gasteiger partial charge < -0.3 is 16.0 Å². The quantitative estimate of drug-likeness (QED) is 0.468. The number of rotatable bonds is 6. The molecule has 3 rings (SSSR count). The molecule has 3 N–H and O–H groups in total. The minimum atomic E-state index is 0.247. The minimum Gasteiger partial charge on any atom is -0.370 e. The molecule has 0 aromatic heterocycles. The summed E-state index contributed by atoms with van der Waals surface area (Å²) < 4.78 is 0. The second-order valence-corrected chi connectivity index (χ2v) is 7.70. The van der Waals surface area contributed by atoms with Crippen LogP contribution in [0.4, 0.5) is 0 Å². The van der Waals surface area contributed by atoms with E-state index in [-0.39, 0.29) is 11.8 Å². The van der Waals surface area contributed by atoms with E-state index in [1.165, 1.54) is 44.1 Å². The van der Waals surface area contributed by atoms with Gasteiger partial charge in [0.2, 0.25) is 5.91 Å². The average molecular weight is 357 g/mol. The van der Waals surface area contributed by atoms with Crippen molar-refractivity contribution in [1.29, 1.82) is 0 Å². The first-order valence-electron chi connectivity index (χ1n) is 10.1. The number of aliphatic imine (C=N–C) groups is 1. The fraction of sp³-hybridized carbons (Fsp3) is 0.619. The van der Waals surface area contributed by atoms with Crippen molar-refractivity contribution in [3.05, 3.63) is 35.9 Å². The Bertz CT molecular complexity index is 593. The van der Waals surface area contributed by atoms with Crippen molar-refractivity contribution in [2.75, 3.05) is 19.6 Å². The van der Waals surface area contributed by atoms with Gasteiger partial charge in [-0.05, 0) is 24.8 Å². The van der Waals surface area contributed by atoms with Crippen LogP contribution in [0.2, 0.25) is 0 Å². The van der Waals surface area contributed by atoms with Crippen LogP contribution < -0.4 is 11.1 Å². The molecule has 1 atom stereocenters. The predicted octanol–water partition coefficient (Wildman–Crippen LogP) is 2.70. The number of nitrogens with one attached hydrogen (secondary N) is 1. The third kappa shape index (κ3) is 5.75. The highest BCUT2D eigenvalue weighted by Gasteiger charge is 2.29. The normalized spacial score (nSPS) is 22.5. The van der Waals surface area contributed by atoms with E-state index in [1.807, 2.05) is 23.1 Å². The molecule has 26 heavy (non-hydrogen) atoms. The van der Waals surface area contributed by atoms with Crippen molar-refractivity contribution in [2.24, 2.45) is 16.6 Å². The molecule has 2 fully saturated rings. The summed E-state index contributed by atoms with van der Waals surface area (Å²) in [6, 6.07) is 10.8. The van der Waals surface area contributed by atoms with E-state index in [0.29, 0.717) is 25.0 Å². The molecule has 5 heteroatoms. The molecule has 1 saturated heterocycles. The highest BCUT2D eigenvalue weighted by molar-refractivity contribution is 5.79. The highest BCUT2D eigenvalue weighted by atomic mass is 16.2. The standard InChI is InChI=1S/C21H32N4O/c22-21(24-19-10-6-1-2-7-11-19)23-15-18-14-20(26)25(16-18)13-12-17-8-4-3-5-9-17/h3-5,8-9,18-19H,1-2,6-7,10-16H2,(H3,22,23,24). The van der Waals surface area contributed by atoms with Crippen LogP contribution in [0.1, 0.15) is 50.5 Å². The van der Waals surface area contributed by atoms with Gasteiger partial charge in [0.15, 0.2) is 5.96 Å². The summed E-state index contributed by atoms with van der Waals surface area (Å²) in [6.07, 6.45) is 9.09. The topological polar surface area (TPSA) is 70.7 Å². The summed E-state index contributed by atoms with van der Waals surface area (Å²) >= 11 is 0. The largest absolute Gasteiger partial charge is 0.370 e. The Labute approximate surface area is 157 Å². The summed E-state index contributed by atoms with van der Waals surface area (Å²) in [5.74, 6) is 1.08. The van der Waals surface area contributed by atoms with E-state index in [9.17, 15) is 4.79 Å². The number of nitrogens with two attached hydrogens (primary N) is 1. The van der Waals surface area contributed by atoms with Crippen LogP contribution in [0.15, 0.2) is 35.3 Å². The molecular formula is C21H32N4O. The number of carbonyl (C=O) groups excluding carboxylic acids is 1.